The van der Waals surface area contributed by atoms with E-state index < -0.39 is 16.1 Å². The first-order chi connectivity index (χ1) is 13.6. The van der Waals surface area contributed by atoms with E-state index in [1.165, 1.54) is 16.4 Å². The Morgan fingerprint density at radius 3 is 2.21 bits per heavy atom. The molecule has 2 aromatic rings. The van der Waals surface area contributed by atoms with E-state index in [4.69, 9.17) is 0 Å². The average Bonchev–Trinajstić information content (AvgIpc) is 2.62. The number of carbonyl (C=O) groups excluding carboxylic acids is 1. The van der Waals surface area contributed by atoms with E-state index in [0.717, 1.165) is 22.9 Å². The number of rotatable bonds is 9. The summed E-state index contributed by atoms with van der Waals surface area (Å²) in [7, 11) is -3.65. The molecular weight excluding hydrogens is 391 g/mol. The fraction of sp³-hybridized carbons (Fsp3) is 0.409. The number of carbonyl (C=O) groups is 1. The summed E-state index contributed by atoms with van der Waals surface area (Å²) in [5.74, 6) is -0.601. The van der Waals surface area contributed by atoms with Crippen molar-refractivity contribution in [3.05, 3.63) is 65.0 Å². The number of benzene rings is 2. The number of hydrogen-bond acceptors (Lipinski definition) is 3. The zero-order valence-electron chi connectivity index (χ0n) is 17.4. The number of halogens is 1. The maximum Gasteiger partial charge on any atom is 0.243 e. The van der Waals surface area contributed by atoms with E-state index in [1.807, 2.05) is 19.9 Å². The van der Waals surface area contributed by atoms with Crippen LogP contribution in [0.3, 0.4) is 0 Å². The second-order valence-electron chi connectivity index (χ2n) is 7.35. The average molecular weight is 421 g/mol. The van der Waals surface area contributed by atoms with Gasteiger partial charge in [0.15, 0.2) is 0 Å². The first kappa shape index (κ1) is 22.9. The fourth-order valence-corrected chi connectivity index (χ4v) is 4.61. The Kier molecular flexibility index (Phi) is 7.79. The molecule has 0 radical (unpaired) electrons. The lowest BCUT2D eigenvalue weighted by Crippen LogP contribution is -2.49. The monoisotopic (exact) mass is 420 g/mol. The van der Waals surface area contributed by atoms with E-state index >= 15 is 0 Å². The van der Waals surface area contributed by atoms with Crippen LogP contribution in [-0.4, -0.2) is 33.2 Å². The number of aryl methyl sites for hydroxylation is 3. The Morgan fingerprint density at radius 1 is 1.10 bits per heavy atom. The lowest BCUT2D eigenvalue weighted by atomic mass is 10.1. The second kappa shape index (κ2) is 9.87. The maximum absolute atomic E-state index is 13.0. The minimum absolute atomic E-state index is 0.278. The summed E-state index contributed by atoms with van der Waals surface area (Å²) in [5.41, 5.74) is 3.35. The molecule has 0 fully saturated rings. The van der Waals surface area contributed by atoms with Gasteiger partial charge in [0.2, 0.25) is 15.9 Å². The molecule has 7 heteroatoms. The third-order valence-electron chi connectivity index (χ3n) is 4.65. The molecule has 2 aromatic carbocycles. The van der Waals surface area contributed by atoms with Gasteiger partial charge in [-0.05, 0) is 74.1 Å². The highest BCUT2D eigenvalue weighted by atomic mass is 32.2. The molecule has 0 bridgehead atoms. The van der Waals surface area contributed by atoms with E-state index in [2.05, 4.69) is 5.32 Å². The summed E-state index contributed by atoms with van der Waals surface area (Å²) in [4.78, 5) is 12.8. The Labute approximate surface area is 173 Å². The quantitative estimate of drug-likeness (QED) is 0.629. The lowest BCUT2D eigenvalue weighted by Gasteiger charge is -2.30. The van der Waals surface area contributed by atoms with E-state index in [1.54, 1.807) is 31.2 Å². The molecule has 0 aliphatic carbocycles. The summed E-state index contributed by atoms with van der Waals surface area (Å²) in [6, 6.07) is 11.0. The standard InChI is InChI=1S/C22H29FN2O3S/c1-5-21(22(26)24-12-6-7-18-8-10-19(23)11-9-18)25(29(4,27)28)20-14-16(2)13-17(3)15-20/h8-11,13-15,21H,5-7,12H2,1-4H3,(H,24,26)/t21-/m0/s1. The van der Waals surface area contributed by atoms with Crippen LogP contribution in [0, 0.1) is 19.7 Å². The van der Waals surface area contributed by atoms with Crippen LogP contribution < -0.4 is 9.62 Å². The number of hydrogen-bond donors (Lipinski definition) is 1. The van der Waals surface area contributed by atoms with Crippen molar-refractivity contribution in [3.63, 3.8) is 0 Å². The molecule has 1 amide bonds. The summed E-state index contributed by atoms with van der Waals surface area (Å²) >= 11 is 0. The molecule has 0 heterocycles. The highest BCUT2D eigenvalue weighted by molar-refractivity contribution is 7.92. The maximum atomic E-state index is 13.0. The first-order valence-electron chi connectivity index (χ1n) is 9.71. The van der Waals surface area contributed by atoms with Crippen LogP contribution in [-0.2, 0) is 21.2 Å². The van der Waals surface area contributed by atoms with Crippen LogP contribution in [0.2, 0.25) is 0 Å². The summed E-state index contributed by atoms with van der Waals surface area (Å²) in [5, 5.41) is 2.85. The van der Waals surface area contributed by atoms with Gasteiger partial charge in [0, 0.05) is 6.54 Å². The van der Waals surface area contributed by atoms with Crippen LogP contribution in [0.4, 0.5) is 10.1 Å². The summed E-state index contributed by atoms with van der Waals surface area (Å²) < 4.78 is 39.2. The molecule has 0 aliphatic heterocycles. The van der Waals surface area contributed by atoms with Crippen LogP contribution in [0.15, 0.2) is 42.5 Å². The van der Waals surface area contributed by atoms with Crippen molar-refractivity contribution in [3.8, 4) is 0 Å². The molecule has 0 aliphatic rings. The molecule has 0 spiro atoms. The number of amides is 1. The number of sulfonamides is 1. The largest absolute Gasteiger partial charge is 0.354 e. The molecule has 158 valence electrons. The van der Waals surface area contributed by atoms with Gasteiger partial charge in [0.1, 0.15) is 11.9 Å². The first-order valence-corrected chi connectivity index (χ1v) is 11.6. The Morgan fingerprint density at radius 2 is 1.69 bits per heavy atom. The molecule has 0 unspecified atom stereocenters. The normalized spacial score (nSPS) is 12.4. The van der Waals surface area contributed by atoms with Crippen molar-refractivity contribution >= 4 is 21.6 Å². The van der Waals surface area contributed by atoms with Crippen LogP contribution in [0.5, 0.6) is 0 Å². The van der Waals surface area contributed by atoms with Crippen LogP contribution in [0.1, 0.15) is 36.5 Å². The van der Waals surface area contributed by atoms with Crippen LogP contribution >= 0.6 is 0 Å². The predicted octanol–water partition coefficient (Wildman–Crippen LogP) is 3.74. The van der Waals surface area contributed by atoms with Crippen molar-refractivity contribution in [2.75, 3.05) is 17.1 Å². The van der Waals surface area contributed by atoms with Crippen molar-refractivity contribution in [1.82, 2.24) is 5.32 Å². The highest BCUT2D eigenvalue weighted by Gasteiger charge is 2.31. The van der Waals surface area contributed by atoms with E-state index in [9.17, 15) is 17.6 Å². The van der Waals surface area contributed by atoms with Gasteiger partial charge < -0.3 is 5.32 Å². The fourth-order valence-electron chi connectivity index (χ4n) is 3.41. The Hall–Kier alpha value is -2.41. The molecule has 1 N–H and O–H groups in total. The summed E-state index contributed by atoms with van der Waals surface area (Å²) in [6.45, 7) is 6.00. The second-order valence-corrected chi connectivity index (χ2v) is 9.21. The predicted molar refractivity (Wildman–Crippen MR) is 115 cm³/mol. The van der Waals surface area contributed by atoms with Crippen molar-refractivity contribution in [2.45, 2.75) is 46.1 Å². The zero-order valence-corrected chi connectivity index (χ0v) is 18.2. The van der Waals surface area contributed by atoms with Gasteiger partial charge >= 0.3 is 0 Å². The molecule has 0 saturated carbocycles. The Balaban J connectivity index is 2.08. The highest BCUT2D eigenvalue weighted by Crippen LogP contribution is 2.25. The lowest BCUT2D eigenvalue weighted by molar-refractivity contribution is -0.122. The van der Waals surface area contributed by atoms with Crippen LogP contribution in [0.25, 0.3) is 0 Å². The van der Waals surface area contributed by atoms with E-state index in [0.29, 0.717) is 31.5 Å². The molecular formula is C22H29FN2O3S. The minimum Gasteiger partial charge on any atom is -0.354 e. The molecule has 0 saturated heterocycles. The number of anilines is 1. The number of nitrogens with one attached hydrogen (secondary N) is 1. The topological polar surface area (TPSA) is 66.5 Å². The van der Waals surface area contributed by atoms with Crippen molar-refractivity contribution < 1.29 is 17.6 Å². The van der Waals surface area contributed by atoms with Gasteiger partial charge in [0.05, 0.1) is 11.9 Å². The van der Waals surface area contributed by atoms with Gasteiger partial charge in [-0.3, -0.25) is 9.10 Å². The van der Waals surface area contributed by atoms with Crippen molar-refractivity contribution in [1.29, 1.82) is 0 Å². The third kappa shape index (κ3) is 6.56. The SMILES string of the molecule is CC[C@@H](C(=O)NCCCc1ccc(F)cc1)N(c1cc(C)cc(C)c1)S(C)(=O)=O. The summed E-state index contributed by atoms with van der Waals surface area (Å²) in [6.07, 6.45) is 2.85. The third-order valence-corrected chi connectivity index (χ3v) is 5.83. The molecule has 29 heavy (non-hydrogen) atoms. The molecule has 5 nitrogen and oxygen atoms in total. The van der Waals surface area contributed by atoms with Gasteiger partial charge in [-0.15, -0.1) is 0 Å². The van der Waals surface area contributed by atoms with Crippen molar-refractivity contribution in [2.24, 2.45) is 0 Å². The zero-order chi connectivity index (χ0) is 21.6. The minimum atomic E-state index is -3.65. The molecule has 2 rings (SSSR count). The Bertz CT molecular complexity index is 923. The van der Waals surface area contributed by atoms with Gasteiger partial charge in [-0.2, -0.15) is 0 Å². The molecule has 0 aromatic heterocycles. The molecule has 1 atom stereocenters. The smallest absolute Gasteiger partial charge is 0.243 e. The van der Waals surface area contributed by atoms with Gasteiger partial charge in [-0.25, -0.2) is 12.8 Å². The number of nitrogens with zero attached hydrogens (tertiary/aromatic N) is 1. The van der Waals surface area contributed by atoms with Gasteiger partial charge in [-0.1, -0.05) is 25.1 Å². The van der Waals surface area contributed by atoms with E-state index in [-0.39, 0.29) is 11.7 Å². The van der Waals surface area contributed by atoms with Gasteiger partial charge in [0.25, 0.3) is 0 Å².